The largest absolute Gasteiger partial charge is 1.00 e. The number of nitrogens with zero attached hydrogens (tertiary/aromatic N) is 1. The molecule has 0 saturated heterocycles. The highest BCUT2D eigenvalue weighted by atomic mass is 35.5. The molecule has 10 heteroatoms. The fourth-order valence-electron chi connectivity index (χ4n) is 4.72. The van der Waals surface area contributed by atoms with E-state index < -0.39 is 0 Å². The minimum Gasteiger partial charge on any atom is -1.00 e. The summed E-state index contributed by atoms with van der Waals surface area (Å²) >= 11 is 4.64. The number of ether oxygens (including phenoxy) is 5. The van der Waals surface area contributed by atoms with Gasteiger partial charge in [0.25, 0.3) is 0 Å². The molecule has 0 unspecified atom stereocenters. The van der Waals surface area contributed by atoms with Crippen LogP contribution in [0.2, 0.25) is 0 Å². The number of fused-ring (bicyclic) bond motifs is 1. The number of aliphatic hydroxyl groups is 1. The first-order valence-corrected chi connectivity index (χ1v) is 11.7. The number of hydrogen-bond acceptors (Lipinski definition) is 7. The van der Waals surface area contributed by atoms with Crippen LogP contribution in [-0.4, -0.2) is 77.1 Å². The van der Waals surface area contributed by atoms with Crippen molar-refractivity contribution in [1.82, 2.24) is 0 Å². The van der Waals surface area contributed by atoms with Gasteiger partial charge >= 0.3 is 0 Å². The number of likely N-dealkylation sites (N-methyl/N-ethyl adjacent to an activating group) is 1. The van der Waals surface area contributed by atoms with E-state index in [0.717, 1.165) is 41.7 Å². The summed E-state index contributed by atoms with van der Waals surface area (Å²) in [4.78, 5) is 9.21. The second-order valence-corrected chi connectivity index (χ2v) is 9.02. The van der Waals surface area contributed by atoms with Gasteiger partial charge in [-0.25, -0.2) is 0 Å². The average Bonchev–Trinajstić information content (AvgIpc) is 2.85. The molecule has 36 heavy (non-hydrogen) atoms. The lowest BCUT2D eigenvalue weighted by Gasteiger charge is -2.46. The molecule has 0 radical (unpaired) electrons. The van der Waals surface area contributed by atoms with Crippen molar-refractivity contribution in [1.29, 1.82) is 0 Å². The molecule has 1 aliphatic heterocycles. The van der Waals surface area contributed by atoms with E-state index in [1.807, 2.05) is 12.1 Å². The molecular formula is C26H37Cl2NO7. The van der Waals surface area contributed by atoms with Gasteiger partial charge in [-0.05, 0) is 41.4 Å². The molecule has 2 aromatic carbocycles. The van der Waals surface area contributed by atoms with Crippen molar-refractivity contribution in [2.45, 2.75) is 25.8 Å². The predicted molar refractivity (Wildman–Crippen MR) is 135 cm³/mol. The average molecular weight is 546 g/mol. The predicted octanol–water partition coefficient (Wildman–Crippen LogP) is 0.980. The van der Waals surface area contributed by atoms with Crippen LogP contribution in [0.4, 0.5) is 0 Å². The summed E-state index contributed by atoms with van der Waals surface area (Å²) in [7, 11) is 10.4. The van der Waals surface area contributed by atoms with Gasteiger partial charge in [-0.3, -0.25) is 4.79 Å². The molecule has 0 aliphatic carbocycles. The van der Waals surface area contributed by atoms with Crippen molar-refractivity contribution in [2.24, 2.45) is 0 Å². The number of aliphatic hydroxyl groups excluding tert-OH is 1. The van der Waals surface area contributed by atoms with Gasteiger partial charge in [0.2, 0.25) is 11.0 Å². The van der Waals surface area contributed by atoms with Crippen LogP contribution in [0.15, 0.2) is 24.3 Å². The second kappa shape index (κ2) is 14.4. The molecular weight excluding hydrogens is 509 g/mol. The van der Waals surface area contributed by atoms with E-state index in [9.17, 15) is 9.90 Å². The molecule has 2 atom stereocenters. The number of quaternary nitrogens is 1. The number of rotatable bonds is 9. The van der Waals surface area contributed by atoms with Crippen molar-refractivity contribution in [2.75, 3.05) is 62.3 Å². The molecule has 0 fully saturated rings. The standard InChI is InChI=1S/C24H34NO6.C2H3ClO.ClH/c1-25(9-7-11-26)10-8-16-12-19(27-2)20(28-3)15-18(16)23(25)17-13-21(29-4)24(31-6)22(14-17)30-5;1-2(3)4;/h12-15,23,26H,7-11H2,1-6H3;1H3;1H/q+1;;/p-1/t23-,25-;;/m0../s1. The maximum atomic E-state index is 9.54. The Bertz CT molecular complexity index is 989. The Morgan fingerprint density at radius 2 is 1.44 bits per heavy atom. The third-order valence-electron chi connectivity index (χ3n) is 6.29. The van der Waals surface area contributed by atoms with E-state index in [-0.39, 0.29) is 30.3 Å². The molecule has 0 amide bonds. The summed E-state index contributed by atoms with van der Waals surface area (Å²) in [6.45, 7) is 3.23. The normalized spacial score (nSPS) is 18.0. The van der Waals surface area contributed by atoms with Crippen molar-refractivity contribution >= 4 is 16.8 Å². The Balaban J connectivity index is 0.00000120. The van der Waals surface area contributed by atoms with Gasteiger partial charge in [0.15, 0.2) is 23.0 Å². The van der Waals surface area contributed by atoms with E-state index in [0.29, 0.717) is 23.0 Å². The minimum absolute atomic E-state index is 0. The summed E-state index contributed by atoms with van der Waals surface area (Å²) in [5.41, 5.74) is 3.47. The lowest BCUT2D eigenvalue weighted by atomic mass is 9.85. The number of hydrogen-bond donors (Lipinski definition) is 1. The van der Waals surface area contributed by atoms with Crippen LogP contribution in [0.1, 0.15) is 36.1 Å². The first-order chi connectivity index (χ1) is 16.7. The second-order valence-electron chi connectivity index (χ2n) is 8.49. The van der Waals surface area contributed by atoms with Gasteiger partial charge in [0, 0.05) is 37.5 Å². The quantitative estimate of drug-likeness (QED) is 0.371. The molecule has 0 spiro atoms. The van der Waals surface area contributed by atoms with Gasteiger partial charge in [-0.1, -0.05) is 0 Å². The first kappa shape index (κ1) is 31.6. The van der Waals surface area contributed by atoms with E-state index in [1.165, 1.54) is 18.1 Å². The maximum absolute atomic E-state index is 9.54. The Kier molecular flexibility index (Phi) is 12.6. The number of carbonyl (C=O) groups excluding carboxylic acids is 1. The van der Waals surface area contributed by atoms with Crippen LogP contribution >= 0.6 is 11.6 Å². The smallest absolute Gasteiger partial charge is 0.218 e. The Morgan fingerprint density at radius 3 is 1.89 bits per heavy atom. The number of methoxy groups -OCH3 is 5. The molecule has 8 nitrogen and oxygen atoms in total. The molecule has 1 N–H and O–H groups in total. The third-order valence-corrected chi connectivity index (χ3v) is 6.29. The molecule has 0 bridgehead atoms. The fraction of sp³-hybridized carbons (Fsp3) is 0.500. The lowest BCUT2D eigenvalue weighted by Crippen LogP contribution is -3.00. The lowest BCUT2D eigenvalue weighted by molar-refractivity contribution is -0.935. The molecule has 1 aliphatic rings. The molecule has 0 saturated carbocycles. The van der Waals surface area contributed by atoms with E-state index in [2.05, 4.69) is 30.8 Å². The van der Waals surface area contributed by atoms with Crippen LogP contribution in [0, 0.1) is 0 Å². The van der Waals surface area contributed by atoms with Gasteiger partial charge in [0.1, 0.15) is 6.04 Å². The SMILES string of the molecule is CC(=O)Cl.COc1cc2c(cc1OC)[C@H](c1cc(OC)c(OC)c(OC)c1)[N@@+](C)(CCCO)CC2.[Cl-]. The summed E-state index contributed by atoms with van der Waals surface area (Å²) in [5, 5.41) is 9.18. The highest BCUT2D eigenvalue weighted by Gasteiger charge is 2.41. The molecule has 1 heterocycles. The van der Waals surface area contributed by atoms with Gasteiger partial charge < -0.3 is 45.7 Å². The summed E-state index contributed by atoms with van der Waals surface area (Å²) < 4.78 is 28.7. The summed E-state index contributed by atoms with van der Waals surface area (Å²) in [6, 6.07) is 8.20. The zero-order valence-electron chi connectivity index (χ0n) is 22.0. The zero-order valence-corrected chi connectivity index (χ0v) is 23.5. The Labute approximate surface area is 225 Å². The molecule has 3 rings (SSSR count). The van der Waals surface area contributed by atoms with Gasteiger partial charge in [-0.2, -0.15) is 0 Å². The number of halogens is 2. The van der Waals surface area contributed by atoms with Crippen molar-refractivity contribution in [3.8, 4) is 28.7 Å². The van der Waals surface area contributed by atoms with E-state index >= 15 is 0 Å². The summed E-state index contributed by atoms with van der Waals surface area (Å²) in [6.07, 6.45) is 1.64. The summed E-state index contributed by atoms with van der Waals surface area (Å²) in [5.74, 6) is 3.25. The van der Waals surface area contributed by atoms with E-state index in [4.69, 9.17) is 23.7 Å². The van der Waals surface area contributed by atoms with Crippen LogP contribution in [0.5, 0.6) is 28.7 Å². The molecule has 202 valence electrons. The monoisotopic (exact) mass is 545 g/mol. The number of benzene rings is 2. The van der Waals surface area contributed by atoms with E-state index in [1.54, 1.807) is 35.5 Å². The van der Waals surface area contributed by atoms with Crippen LogP contribution < -0.4 is 36.1 Å². The highest BCUT2D eigenvalue weighted by molar-refractivity contribution is 6.62. The van der Waals surface area contributed by atoms with Crippen LogP contribution in [0.25, 0.3) is 0 Å². The van der Waals surface area contributed by atoms with Crippen molar-refractivity contribution < 1.29 is 50.5 Å². The number of carbonyl (C=O) groups is 1. The minimum atomic E-state index is -0.361. The van der Waals surface area contributed by atoms with Gasteiger partial charge in [-0.15, -0.1) is 0 Å². The Hall–Kier alpha value is -2.39. The molecule has 2 aromatic rings. The third kappa shape index (κ3) is 7.09. The highest BCUT2D eigenvalue weighted by Crippen LogP contribution is 2.48. The Morgan fingerprint density at radius 1 is 0.944 bits per heavy atom. The van der Waals surface area contributed by atoms with Gasteiger partial charge in [0.05, 0.1) is 55.7 Å². The zero-order chi connectivity index (χ0) is 26.2. The van der Waals surface area contributed by atoms with Crippen LogP contribution in [-0.2, 0) is 11.2 Å². The van der Waals surface area contributed by atoms with Crippen molar-refractivity contribution in [3.05, 3.63) is 41.0 Å². The topological polar surface area (TPSA) is 83.5 Å². The molecule has 0 aromatic heterocycles. The van der Waals surface area contributed by atoms with Crippen LogP contribution in [0.3, 0.4) is 0 Å². The fourth-order valence-corrected chi connectivity index (χ4v) is 4.72. The van der Waals surface area contributed by atoms with Crippen molar-refractivity contribution in [3.63, 3.8) is 0 Å². The first-order valence-electron chi connectivity index (χ1n) is 11.3. The maximum Gasteiger partial charge on any atom is 0.218 e.